The molecule has 4 heteroatoms. The number of nitrogens with one attached hydrogen (secondary N) is 1. The third kappa shape index (κ3) is 4.02. The largest absolute Gasteiger partial charge is 0.352 e. The van der Waals surface area contributed by atoms with Crippen LogP contribution in [0.1, 0.15) is 43.7 Å². The molecule has 1 heterocycles. The quantitative estimate of drug-likeness (QED) is 0.717. The van der Waals surface area contributed by atoms with Crippen molar-refractivity contribution in [3.8, 4) is 6.07 Å². The minimum atomic E-state index is -0.292. The van der Waals surface area contributed by atoms with Gasteiger partial charge in [0.25, 0.3) is 0 Å². The van der Waals surface area contributed by atoms with E-state index in [0.717, 1.165) is 34.0 Å². The van der Waals surface area contributed by atoms with Gasteiger partial charge in [-0.3, -0.25) is 4.79 Å². The van der Waals surface area contributed by atoms with Crippen molar-refractivity contribution < 1.29 is 4.79 Å². The molecule has 1 aliphatic heterocycles. The van der Waals surface area contributed by atoms with Crippen molar-refractivity contribution in [3.05, 3.63) is 93.7 Å². The van der Waals surface area contributed by atoms with E-state index in [0.29, 0.717) is 12.0 Å². The number of carbonyl (C=O) groups is 1. The molecule has 0 amide bonds. The van der Waals surface area contributed by atoms with Gasteiger partial charge in [0.05, 0.1) is 22.6 Å². The van der Waals surface area contributed by atoms with Crippen LogP contribution in [-0.2, 0) is 10.5 Å². The van der Waals surface area contributed by atoms with Gasteiger partial charge in [0.2, 0.25) is 0 Å². The monoisotopic (exact) mass is 400 g/mol. The lowest BCUT2D eigenvalue weighted by Crippen LogP contribution is -2.36. The van der Waals surface area contributed by atoms with Crippen LogP contribution in [0.5, 0.6) is 0 Å². The zero-order valence-electron chi connectivity index (χ0n) is 16.7. The van der Waals surface area contributed by atoms with E-state index < -0.39 is 0 Å². The SMILES string of the molecule is CC1(C)CC(=O)C2=C(C1)NC(SCc1ccccc1)=C(C#N)C2c1ccccc1. The van der Waals surface area contributed by atoms with E-state index in [4.69, 9.17) is 0 Å². The fraction of sp³-hybridized carbons (Fsp3) is 0.280. The van der Waals surface area contributed by atoms with Gasteiger partial charge < -0.3 is 5.32 Å². The summed E-state index contributed by atoms with van der Waals surface area (Å²) in [5, 5.41) is 14.4. The molecule has 4 rings (SSSR count). The number of hydrogen-bond acceptors (Lipinski definition) is 4. The second-order valence-electron chi connectivity index (χ2n) is 8.43. The average molecular weight is 401 g/mol. The van der Waals surface area contributed by atoms with Crippen molar-refractivity contribution in [2.45, 2.75) is 38.4 Å². The molecule has 0 bridgehead atoms. The predicted octanol–water partition coefficient (Wildman–Crippen LogP) is 5.69. The van der Waals surface area contributed by atoms with Crippen LogP contribution in [0.4, 0.5) is 0 Å². The van der Waals surface area contributed by atoms with Crippen LogP contribution in [-0.4, -0.2) is 5.78 Å². The molecule has 2 aromatic carbocycles. The Bertz CT molecular complexity index is 1030. The minimum absolute atomic E-state index is 0.0799. The molecule has 0 saturated heterocycles. The van der Waals surface area contributed by atoms with E-state index >= 15 is 0 Å². The number of rotatable bonds is 4. The summed E-state index contributed by atoms with van der Waals surface area (Å²) in [4.78, 5) is 13.1. The van der Waals surface area contributed by atoms with Crippen LogP contribution in [0.15, 0.2) is 82.5 Å². The molecule has 1 atom stereocenters. The Balaban J connectivity index is 1.77. The zero-order chi connectivity index (χ0) is 20.4. The fourth-order valence-corrected chi connectivity index (χ4v) is 5.22. The highest BCUT2D eigenvalue weighted by Crippen LogP contribution is 2.48. The lowest BCUT2D eigenvalue weighted by molar-refractivity contribution is -0.118. The molecule has 2 aliphatic rings. The van der Waals surface area contributed by atoms with Gasteiger partial charge in [-0.15, -0.1) is 11.8 Å². The molecule has 0 radical (unpaired) electrons. The fourth-order valence-electron chi connectivity index (χ4n) is 4.20. The van der Waals surface area contributed by atoms with Gasteiger partial charge in [-0.1, -0.05) is 74.5 Å². The van der Waals surface area contributed by atoms with E-state index in [1.54, 1.807) is 11.8 Å². The van der Waals surface area contributed by atoms with E-state index in [2.05, 4.69) is 37.4 Å². The van der Waals surface area contributed by atoms with Crippen molar-refractivity contribution in [3.63, 3.8) is 0 Å². The standard InChI is InChI=1S/C25H24N2OS/c1-25(2)13-20-23(21(28)14-25)22(18-11-7-4-8-12-18)19(15-26)24(27-20)29-16-17-9-5-3-6-10-17/h3-12,22,27H,13-14,16H2,1-2H3. The Hall–Kier alpha value is -2.77. The second kappa shape index (κ2) is 7.93. The Morgan fingerprint density at radius 3 is 2.38 bits per heavy atom. The van der Waals surface area contributed by atoms with E-state index in [1.165, 1.54) is 5.56 Å². The minimum Gasteiger partial charge on any atom is -0.352 e. The van der Waals surface area contributed by atoms with Crippen molar-refractivity contribution >= 4 is 17.5 Å². The summed E-state index contributed by atoms with van der Waals surface area (Å²) >= 11 is 1.64. The third-order valence-corrected chi connectivity index (χ3v) is 6.57. The maximum atomic E-state index is 13.1. The number of ketones is 1. The molecule has 0 saturated carbocycles. The van der Waals surface area contributed by atoms with Gasteiger partial charge in [0.15, 0.2) is 5.78 Å². The Kier molecular flexibility index (Phi) is 5.34. The lowest BCUT2D eigenvalue weighted by Gasteiger charge is -2.39. The van der Waals surface area contributed by atoms with E-state index in [9.17, 15) is 10.1 Å². The first-order valence-corrected chi connectivity index (χ1v) is 10.9. The van der Waals surface area contributed by atoms with E-state index in [-0.39, 0.29) is 17.1 Å². The molecule has 1 unspecified atom stereocenters. The molecule has 1 N–H and O–H groups in total. The smallest absolute Gasteiger partial charge is 0.162 e. The maximum Gasteiger partial charge on any atom is 0.162 e. The van der Waals surface area contributed by atoms with Crippen LogP contribution in [0.2, 0.25) is 0 Å². The highest BCUT2D eigenvalue weighted by molar-refractivity contribution is 8.02. The number of nitrogens with zero attached hydrogens (tertiary/aromatic N) is 1. The summed E-state index contributed by atoms with van der Waals surface area (Å²) in [6, 6.07) is 22.6. The summed E-state index contributed by atoms with van der Waals surface area (Å²) in [5.41, 5.74) is 4.53. The molecular formula is C25H24N2OS. The molecule has 1 aliphatic carbocycles. The van der Waals surface area contributed by atoms with Gasteiger partial charge in [0, 0.05) is 23.4 Å². The third-order valence-electron chi connectivity index (χ3n) is 5.49. The molecule has 29 heavy (non-hydrogen) atoms. The Morgan fingerprint density at radius 2 is 1.72 bits per heavy atom. The van der Waals surface area contributed by atoms with Gasteiger partial charge in [-0.25, -0.2) is 0 Å². The molecule has 3 nitrogen and oxygen atoms in total. The summed E-state index contributed by atoms with van der Waals surface area (Å²) in [6.07, 6.45) is 1.33. The van der Waals surface area contributed by atoms with Crippen molar-refractivity contribution in [2.75, 3.05) is 0 Å². The van der Waals surface area contributed by atoms with Gasteiger partial charge >= 0.3 is 0 Å². The number of thioether (sulfide) groups is 1. The first kappa shape index (κ1) is 19.5. The van der Waals surface area contributed by atoms with Crippen molar-refractivity contribution in [1.29, 1.82) is 5.26 Å². The number of carbonyl (C=O) groups excluding carboxylic acids is 1. The normalized spacial score (nSPS) is 20.7. The Labute approximate surface area is 176 Å². The van der Waals surface area contributed by atoms with Crippen LogP contribution < -0.4 is 5.32 Å². The number of hydrogen-bond donors (Lipinski definition) is 1. The number of benzene rings is 2. The average Bonchev–Trinajstić information content (AvgIpc) is 2.71. The molecule has 146 valence electrons. The molecule has 0 fully saturated rings. The van der Waals surface area contributed by atoms with Crippen molar-refractivity contribution in [2.24, 2.45) is 5.41 Å². The first-order valence-electron chi connectivity index (χ1n) is 9.88. The summed E-state index contributed by atoms with van der Waals surface area (Å²) in [5.74, 6) is 0.632. The predicted molar refractivity (Wildman–Crippen MR) is 118 cm³/mol. The second-order valence-corrected chi connectivity index (χ2v) is 9.42. The summed E-state index contributed by atoms with van der Waals surface area (Å²) in [6.45, 7) is 4.27. The number of Topliss-reactive ketones (excluding diaryl/α,β-unsaturated/α-hetero) is 1. The number of nitriles is 1. The van der Waals surface area contributed by atoms with E-state index in [1.807, 2.05) is 48.5 Å². The summed E-state index contributed by atoms with van der Waals surface area (Å²) < 4.78 is 0. The van der Waals surface area contributed by atoms with Gasteiger partial charge in [-0.2, -0.15) is 5.26 Å². The topological polar surface area (TPSA) is 52.9 Å². The van der Waals surface area contributed by atoms with Gasteiger partial charge in [0.1, 0.15) is 0 Å². The van der Waals surface area contributed by atoms with Crippen LogP contribution >= 0.6 is 11.8 Å². The number of dihydropyridines is 1. The van der Waals surface area contributed by atoms with Crippen LogP contribution in [0.25, 0.3) is 0 Å². The maximum absolute atomic E-state index is 13.1. The Morgan fingerprint density at radius 1 is 1.07 bits per heavy atom. The van der Waals surface area contributed by atoms with Gasteiger partial charge in [-0.05, 0) is 23.0 Å². The molecular weight excluding hydrogens is 376 g/mol. The zero-order valence-corrected chi connectivity index (χ0v) is 17.6. The van der Waals surface area contributed by atoms with Crippen molar-refractivity contribution in [1.82, 2.24) is 5.32 Å². The molecule has 2 aromatic rings. The first-order chi connectivity index (χ1) is 14.0. The van der Waals surface area contributed by atoms with Crippen LogP contribution in [0, 0.1) is 16.7 Å². The molecule has 0 aromatic heterocycles. The number of allylic oxidation sites excluding steroid dienone is 3. The lowest BCUT2D eigenvalue weighted by atomic mass is 9.69. The highest BCUT2D eigenvalue weighted by atomic mass is 32.2. The highest BCUT2D eigenvalue weighted by Gasteiger charge is 2.41. The summed E-state index contributed by atoms with van der Waals surface area (Å²) in [7, 11) is 0. The van der Waals surface area contributed by atoms with Crippen LogP contribution in [0.3, 0.4) is 0 Å². The molecule has 0 spiro atoms.